The number of aliphatic carboxylic acids is 2. The van der Waals surface area contributed by atoms with E-state index >= 15 is 4.39 Å². The number of carbonyl (C=O) groups excluding carboxylic acids is 2. The second kappa shape index (κ2) is 8.54. The summed E-state index contributed by atoms with van der Waals surface area (Å²) in [6.45, 7) is 3.24. The molecule has 0 heterocycles. The van der Waals surface area contributed by atoms with Gasteiger partial charge in [0, 0.05) is 5.41 Å². The summed E-state index contributed by atoms with van der Waals surface area (Å²) in [6.07, 6.45) is -4.62. The van der Waals surface area contributed by atoms with Crippen molar-refractivity contribution in [2.24, 2.45) is 28.1 Å². The minimum absolute atomic E-state index is 0.184. The minimum Gasteiger partial charge on any atom is -0.481 e. The molecule has 198 valence electrons. The van der Waals surface area contributed by atoms with Crippen LogP contribution in [-0.2, 0) is 19.2 Å². The van der Waals surface area contributed by atoms with Gasteiger partial charge in [-0.15, -0.1) is 0 Å². The van der Waals surface area contributed by atoms with Gasteiger partial charge < -0.3 is 25.5 Å². The maximum atomic E-state index is 15.6. The lowest BCUT2D eigenvalue weighted by atomic mass is 9.43. The number of aliphatic hydroxyl groups is 3. The Balaban J connectivity index is 1.87. The molecular formula is C25H30BrFO9. The second-order valence-corrected chi connectivity index (χ2v) is 12.5. The summed E-state index contributed by atoms with van der Waals surface area (Å²) in [4.78, 5) is 48.8. The molecule has 0 spiro atoms. The van der Waals surface area contributed by atoms with Crippen LogP contribution in [0.15, 0.2) is 23.8 Å². The van der Waals surface area contributed by atoms with E-state index in [1.54, 1.807) is 13.8 Å². The maximum absolute atomic E-state index is 15.6. The lowest BCUT2D eigenvalue weighted by molar-refractivity contribution is -0.170. The van der Waals surface area contributed by atoms with Crippen LogP contribution in [0.1, 0.15) is 46.0 Å². The number of carbonyl (C=O) groups is 4. The molecule has 0 aromatic heterocycles. The zero-order chi connectivity index (χ0) is 27.0. The third kappa shape index (κ3) is 3.42. The SMILES string of the molecule is C[C@]12C=CC(=O)C=C1[C@H](F)C[C@H]1[C@@H]3C(O)CC(CC(=O)O)(C(=O)C(O)CC(=O)O)[C@@]3(C)C[C@H](O)C12Br. The van der Waals surface area contributed by atoms with Gasteiger partial charge in [0.25, 0.3) is 0 Å². The Hall–Kier alpha value is -1.95. The van der Waals surface area contributed by atoms with Crippen LogP contribution in [0.3, 0.4) is 0 Å². The highest BCUT2D eigenvalue weighted by Crippen LogP contribution is 2.73. The van der Waals surface area contributed by atoms with E-state index in [1.807, 2.05) is 0 Å². The number of ketones is 2. The average molecular weight is 573 g/mol. The highest BCUT2D eigenvalue weighted by atomic mass is 79.9. The molecule has 4 unspecified atom stereocenters. The quantitative estimate of drug-likeness (QED) is 0.296. The first kappa shape index (κ1) is 27.1. The van der Waals surface area contributed by atoms with Crippen molar-refractivity contribution in [2.75, 3.05) is 0 Å². The Morgan fingerprint density at radius 2 is 1.81 bits per heavy atom. The molecule has 11 heteroatoms. The molecular weight excluding hydrogens is 543 g/mol. The zero-order valence-corrected chi connectivity index (χ0v) is 21.4. The summed E-state index contributed by atoms with van der Waals surface area (Å²) in [5.41, 5.74) is -4.26. The molecule has 0 bridgehead atoms. The Morgan fingerprint density at radius 1 is 1.17 bits per heavy atom. The molecule has 0 amide bonds. The van der Waals surface area contributed by atoms with Crippen LogP contribution in [0, 0.1) is 28.1 Å². The number of allylic oxidation sites excluding steroid dienone is 4. The molecule has 0 saturated heterocycles. The van der Waals surface area contributed by atoms with E-state index in [0.29, 0.717) is 0 Å². The summed E-state index contributed by atoms with van der Waals surface area (Å²) in [6, 6.07) is 0. The first-order valence-electron chi connectivity index (χ1n) is 11.9. The minimum atomic E-state index is -2.02. The predicted octanol–water partition coefficient (Wildman–Crippen LogP) is 1.57. The van der Waals surface area contributed by atoms with Gasteiger partial charge in [-0.2, -0.15) is 0 Å². The topological polar surface area (TPSA) is 169 Å². The van der Waals surface area contributed by atoms with Gasteiger partial charge in [-0.05, 0) is 54.2 Å². The molecule has 36 heavy (non-hydrogen) atoms. The standard InChI is InChI=1S/C25H30BrFO9/c1-22-4-3-11(28)5-12(22)14(27)6-13-20-16(30)8-24(10-19(34)35,21(36)15(29)7-18(32)33)23(20,2)9-17(31)25(13,22)26/h3-5,13-17,20,29-31H,6-10H2,1-2H3,(H,32,33)(H,34,35)/t13-,14+,15?,16?,17-,20+,22-,23-,24?,25?/m0/s1. The summed E-state index contributed by atoms with van der Waals surface area (Å²) >= 11 is 3.70. The van der Waals surface area contributed by atoms with Gasteiger partial charge in [0.1, 0.15) is 12.3 Å². The van der Waals surface area contributed by atoms with Gasteiger partial charge in [-0.1, -0.05) is 35.9 Å². The molecule has 10 atom stereocenters. The number of rotatable bonds is 6. The van der Waals surface area contributed by atoms with E-state index in [9.17, 15) is 39.6 Å². The van der Waals surface area contributed by atoms with Gasteiger partial charge in [-0.3, -0.25) is 19.2 Å². The lowest BCUT2D eigenvalue weighted by Crippen LogP contribution is -2.69. The molecule has 0 aliphatic heterocycles. The number of Topliss-reactive ketones (excluding diaryl/α,β-unsaturated/α-hetero) is 1. The van der Waals surface area contributed by atoms with Crippen molar-refractivity contribution in [3.05, 3.63) is 23.8 Å². The van der Waals surface area contributed by atoms with Crippen molar-refractivity contribution in [3.8, 4) is 0 Å². The molecule has 3 fully saturated rings. The molecule has 4 aliphatic carbocycles. The molecule has 5 N–H and O–H groups in total. The summed E-state index contributed by atoms with van der Waals surface area (Å²) < 4.78 is 14.4. The van der Waals surface area contributed by atoms with Crippen molar-refractivity contribution >= 4 is 39.4 Å². The molecule has 4 aliphatic rings. The van der Waals surface area contributed by atoms with Crippen LogP contribution in [0.25, 0.3) is 0 Å². The number of fused-ring (bicyclic) bond motifs is 5. The first-order chi connectivity index (χ1) is 16.5. The predicted molar refractivity (Wildman–Crippen MR) is 126 cm³/mol. The monoisotopic (exact) mass is 572 g/mol. The van der Waals surface area contributed by atoms with Gasteiger partial charge in [0.15, 0.2) is 11.6 Å². The van der Waals surface area contributed by atoms with E-state index in [0.717, 1.165) is 0 Å². The lowest BCUT2D eigenvalue weighted by Gasteiger charge is -2.65. The Kier molecular flexibility index (Phi) is 6.43. The molecule has 4 rings (SSSR count). The number of carboxylic acids is 2. The van der Waals surface area contributed by atoms with Crippen LogP contribution in [0.2, 0.25) is 0 Å². The molecule has 0 aromatic carbocycles. The first-order valence-corrected chi connectivity index (χ1v) is 12.6. The Morgan fingerprint density at radius 3 is 2.39 bits per heavy atom. The third-order valence-electron chi connectivity index (χ3n) is 9.54. The van der Waals surface area contributed by atoms with Gasteiger partial charge in [0.2, 0.25) is 0 Å². The number of aliphatic hydroxyl groups excluding tert-OH is 3. The normalized spacial score (nSPS) is 46.2. The molecule has 3 saturated carbocycles. The zero-order valence-electron chi connectivity index (χ0n) is 19.9. The van der Waals surface area contributed by atoms with Crippen LogP contribution in [0.4, 0.5) is 4.39 Å². The van der Waals surface area contributed by atoms with Gasteiger partial charge >= 0.3 is 11.9 Å². The van der Waals surface area contributed by atoms with Crippen molar-refractivity contribution in [1.29, 1.82) is 0 Å². The van der Waals surface area contributed by atoms with Crippen LogP contribution in [0.5, 0.6) is 0 Å². The second-order valence-electron chi connectivity index (χ2n) is 11.2. The average Bonchev–Trinajstić information content (AvgIpc) is 2.97. The summed E-state index contributed by atoms with van der Waals surface area (Å²) in [7, 11) is 0. The van der Waals surface area contributed by atoms with E-state index < -0.39 is 87.5 Å². The highest BCUT2D eigenvalue weighted by Gasteiger charge is 2.76. The number of hydrogen-bond acceptors (Lipinski definition) is 7. The van der Waals surface area contributed by atoms with Crippen molar-refractivity contribution in [1.82, 2.24) is 0 Å². The van der Waals surface area contributed by atoms with Crippen LogP contribution < -0.4 is 0 Å². The largest absolute Gasteiger partial charge is 0.481 e. The Labute approximate surface area is 215 Å². The third-order valence-corrected chi connectivity index (χ3v) is 11.5. The van der Waals surface area contributed by atoms with E-state index in [4.69, 9.17) is 5.11 Å². The van der Waals surface area contributed by atoms with Crippen LogP contribution >= 0.6 is 15.9 Å². The van der Waals surface area contributed by atoms with E-state index in [-0.39, 0.29) is 30.6 Å². The fourth-order valence-corrected chi connectivity index (χ4v) is 9.00. The molecule has 0 aromatic rings. The van der Waals surface area contributed by atoms with Crippen LogP contribution in [-0.4, -0.2) is 77.8 Å². The summed E-state index contributed by atoms with van der Waals surface area (Å²) in [5.74, 6) is -5.91. The van der Waals surface area contributed by atoms with E-state index in [2.05, 4.69) is 15.9 Å². The number of hydrogen-bond donors (Lipinski definition) is 5. The smallest absolute Gasteiger partial charge is 0.306 e. The van der Waals surface area contributed by atoms with Crippen molar-refractivity contribution < 1.29 is 49.1 Å². The fourth-order valence-electron chi connectivity index (χ4n) is 8.00. The van der Waals surface area contributed by atoms with Crippen molar-refractivity contribution in [2.45, 2.75) is 74.8 Å². The van der Waals surface area contributed by atoms with Gasteiger partial charge in [0.05, 0.1) is 34.8 Å². The maximum Gasteiger partial charge on any atom is 0.306 e. The number of alkyl halides is 2. The molecule has 9 nitrogen and oxygen atoms in total. The summed E-state index contributed by atoms with van der Waals surface area (Å²) in [5, 5.41) is 52.3. The number of carboxylic acid groups (broad SMARTS) is 2. The Bertz CT molecular complexity index is 1090. The number of halogens is 2. The fraction of sp³-hybridized carbons (Fsp3) is 0.680. The van der Waals surface area contributed by atoms with Gasteiger partial charge in [-0.25, -0.2) is 4.39 Å². The van der Waals surface area contributed by atoms with E-state index in [1.165, 1.54) is 18.2 Å². The van der Waals surface area contributed by atoms with Crippen molar-refractivity contribution in [3.63, 3.8) is 0 Å². The molecule has 0 radical (unpaired) electrons. The highest BCUT2D eigenvalue weighted by molar-refractivity contribution is 9.10.